The van der Waals surface area contributed by atoms with Crippen LogP contribution in [0.15, 0.2) is 42.6 Å². The summed E-state index contributed by atoms with van der Waals surface area (Å²) < 4.78 is 16.5. The molecule has 2 aliphatic rings. The van der Waals surface area contributed by atoms with E-state index in [4.69, 9.17) is 19.3 Å². The van der Waals surface area contributed by atoms with Crippen LogP contribution in [0.3, 0.4) is 0 Å². The maximum absolute atomic E-state index is 11.7. The summed E-state index contributed by atoms with van der Waals surface area (Å²) in [6, 6.07) is 10.9. The lowest BCUT2D eigenvalue weighted by Gasteiger charge is -2.39. The number of thioether (sulfide) groups is 1. The quantitative estimate of drug-likeness (QED) is 0.278. The highest BCUT2D eigenvalue weighted by atomic mass is 32.2. The summed E-state index contributed by atoms with van der Waals surface area (Å²) in [6.07, 6.45) is -6.46. The largest absolute Gasteiger partial charge is 0.493 e. The fourth-order valence-electron chi connectivity index (χ4n) is 4.01. The van der Waals surface area contributed by atoms with Gasteiger partial charge in [0, 0.05) is 18.3 Å². The van der Waals surface area contributed by atoms with Crippen LogP contribution in [0.1, 0.15) is 29.8 Å². The molecule has 13 heteroatoms. The Morgan fingerprint density at radius 1 is 1.11 bits per heavy atom. The number of aliphatic carboxylic acids is 1. The van der Waals surface area contributed by atoms with Gasteiger partial charge in [0.05, 0.1) is 18.0 Å². The van der Waals surface area contributed by atoms with Crippen molar-refractivity contribution in [3.8, 4) is 5.75 Å². The molecule has 2 amide bonds. The minimum absolute atomic E-state index is 0.273. The predicted molar refractivity (Wildman–Crippen MR) is 132 cm³/mol. The Balaban J connectivity index is 1.24. The summed E-state index contributed by atoms with van der Waals surface area (Å²) in [7, 11) is 0. The van der Waals surface area contributed by atoms with Crippen molar-refractivity contribution in [1.29, 1.82) is 0 Å². The van der Waals surface area contributed by atoms with Crippen molar-refractivity contribution in [1.82, 2.24) is 10.3 Å². The van der Waals surface area contributed by atoms with E-state index in [1.54, 1.807) is 37.4 Å². The molecule has 5 N–H and O–H groups in total. The van der Waals surface area contributed by atoms with Crippen molar-refractivity contribution in [2.75, 3.05) is 6.61 Å². The monoisotopic (exact) mass is 548 g/mol. The summed E-state index contributed by atoms with van der Waals surface area (Å²) >= 11 is 0.993. The van der Waals surface area contributed by atoms with Crippen molar-refractivity contribution < 1.29 is 49.0 Å². The number of rotatable bonds is 10. The van der Waals surface area contributed by atoms with Gasteiger partial charge < -0.3 is 34.6 Å². The number of hydrogen-bond acceptors (Lipinski definition) is 11. The van der Waals surface area contributed by atoms with Gasteiger partial charge in [0.25, 0.3) is 5.24 Å². The maximum Gasteiger partial charge on any atom is 0.335 e. The molecule has 12 nitrogen and oxygen atoms in total. The Morgan fingerprint density at radius 2 is 1.84 bits per heavy atom. The third-order valence-electron chi connectivity index (χ3n) is 6.21. The number of aliphatic hydroxyl groups is 3. The van der Waals surface area contributed by atoms with Crippen LogP contribution in [0.4, 0.5) is 4.79 Å². The van der Waals surface area contributed by atoms with E-state index in [1.165, 1.54) is 0 Å². The molecular weight excluding hydrogens is 520 g/mol. The normalized spacial score (nSPS) is 28.1. The molecular formula is C25H28N2O10S. The van der Waals surface area contributed by atoms with Crippen molar-refractivity contribution in [2.45, 2.75) is 61.8 Å². The fraction of sp³-hybridized carbons (Fsp3) is 0.440. The number of nitrogens with one attached hydrogen (secondary N) is 1. The highest BCUT2D eigenvalue weighted by Crippen LogP contribution is 2.28. The van der Waals surface area contributed by atoms with Crippen LogP contribution in [0.25, 0.3) is 0 Å². The second-order valence-electron chi connectivity index (χ2n) is 8.93. The van der Waals surface area contributed by atoms with Crippen LogP contribution in [-0.2, 0) is 31.9 Å². The topological polar surface area (TPSA) is 185 Å². The lowest BCUT2D eigenvalue weighted by atomic mass is 9.99. The number of aromatic nitrogens is 1. The molecule has 38 heavy (non-hydrogen) atoms. The zero-order chi connectivity index (χ0) is 27.4. The molecule has 0 spiro atoms. The summed E-state index contributed by atoms with van der Waals surface area (Å²) in [4.78, 5) is 38.6. The van der Waals surface area contributed by atoms with Gasteiger partial charge in [-0.1, -0.05) is 30.0 Å². The highest BCUT2D eigenvalue weighted by Gasteiger charge is 2.48. The molecule has 0 aliphatic carbocycles. The van der Waals surface area contributed by atoms with Crippen LogP contribution in [0.2, 0.25) is 0 Å². The Labute approximate surface area is 221 Å². The van der Waals surface area contributed by atoms with Gasteiger partial charge in [-0.15, -0.1) is 0 Å². The number of imide groups is 1. The average Bonchev–Trinajstić information content (AvgIpc) is 3.21. The maximum atomic E-state index is 11.7. The number of amides is 2. The number of nitrogens with zero attached hydrogens (tertiary/aromatic N) is 1. The zero-order valence-electron chi connectivity index (χ0n) is 20.3. The molecule has 204 valence electrons. The van der Waals surface area contributed by atoms with Crippen LogP contribution in [0, 0.1) is 0 Å². The molecule has 1 aromatic heterocycles. The van der Waals surface area contributed by atoms with Crippen molar-refractivity contribution in [3.63, 3.8) is 0 Å². The van der Waals surface area contributed by atoms with Crippen LogP contribution in [0.5, 0.6) is 5.75 Å². The number of benzene rings is 1. The SMILES string of the molecule is C[C@H](O[C@@H]1O[C@H](C(=O)O)[C@@H](O)[C@H](O)[C@@H]1O)c1ccc(CCOc2ccc(C[C@@H]3SC(=O)NC3=O)cc2)nc1. The van der Waals surface area contributed by atoms with E-state index >= 15 is 0 Å². The average molecular weight is 549 g/mol. The second-order valence-corrected chi connectivity index (χ2v) is 10.1. The molecule has 2 fully saturated rings. The Kier molecular flexibility index (Phi) is 8.97. The Hall–Kier alpha value is -3.07. The molecule has 3 heterocycles. The van der Waals surface area contributed by atoms with Crippen LogP contribution >= 0.6 is 11.8 Å². The number of carbonyl (C=O) groups is 3. The Morgan fingerprint density at radius 3 is 2.45 bits per heavy atom. The number of carbonyl (C=O) groups excluding carboxylic acids is 2. The molecule has 2 aromatic rings. The van der Waals surface area contributed by atoms with Gasteiger partial charge in [-0.2, -0.15) is 0 Å². The summed E-state index contributed by atoms with van der Waals surface area (Å²) in [5.74, 6) is -1.10. The lowest BCUT2D eigenvalue weighted by molar-refractivity contribution is -0.304. The lowest BCUT2D eigenvalue weighted by Crippen LogP contribution is -2.60. The molecule has 0 saturated carbocycles. The Bertz CT molecular complexity index is 1150. The minimum atomic E-state index is -1.79. The van der Waals surface area contributed by atoms with Gasteiger partial charge >= 0.3 is 5.97 Å². The van der Waals surface area contributed by atoms with E-state index < -0.39 is 48.0 Å². The van der Waals surface area contributed by atoms with Gasteiger partial charge in [0.1, 0.15) is 24.1 Å². The first kappa shape index (κ1) is 28.0. The first-order valence-corrected chi connectivity index (χ1v) is 12.8. The highest BCUT2D eigenvalue weighted by molar-refractivity contribution is 8.15. The number of pyridine rings is 1. The molecule has 7 atom stereocenters. The second kappa shape index (κ2) is 12.2. The molecule has 2 saturated heterocycles. The van der Waals surface area contributed by atoms with Gasteiger partial charge in [0.15, 0.2) is 12.4 Å². The third-order valence-corrected chi connectivity index (χ3v) is 7.19. The summed E-state index contributed by atoms with van der Waals surface area (Å²) in [6.45, 7) is 2.02. The van der Waals surface area contributed by atoms with Gasteiger partial charge in [0.2, 0.25) is 5.91 Å². The summed E-state index contributed by atoms with van der Waals surface area (Å²) in [5, 5.41) is 40.5. The molecule has 0 bridgehead atoms. The number of ether oxygens (including phenoxy) is 3. The standard InChI is InChI=1S/C25H28N2O10S/c1-12(36-24-20(30)18(28)19(29)21(37-24)23(32)33)14-4-5-15(26-11-14)8-9-35-16-6-2-13(3-7-16)10-17-22(31)27-25(34)38-17/h2-7,11-12,17-21,24,28-30H,8-10H2,1H3,(H,32,33)(H,27,31,34)/t12-,17-,18-,19-,20-,21-,24+/m0/s1. The van der Waals surface area contributed by atoms with Gasteiger partial charge in [-0.05, 0) is 42.7 Å². The zero-order valence-corrected chi connectivity index (χ0v) is 21.1. The van der Waals surface area contributed by atoms with Crippen molar-refractivity contribution in [3.05, 3.63) is 59.4 Å². The first-order valence-electron chi connectivity index (χ1n) is 11.9. The fourth-order valence-corrected chi connectivity index (χ4v) is 4.87. The number of carboxylic acids is 1. The smallest absolute Gasteiger partial charge is 0.335 e. The summed E-state index contributed by atoms with van der Waals surface area (Å²) in [5.41, 5.74) is 2.30. The predicted octanol–water partition coefficient (Wildman–Crippen LogP) is 0.567. The van der Waals surface area contributed by atoms with Crippen LogP contribution < -0.4 is 10.1 Å². The number of carboxylic acid groups (broad SMARTS) is 1. The van der Waals surface area contributed by atoms with E-state index in [1.807, 2.05) is 12.1 Å². The number of aliphatic hydroxyl groups excluding tert-OH is 3. The van der Waals surface area contributed by atoms with E-state index in [2.05, 4.69) is 10.3 Å². The number of hydrogen-bond donors (Lipinski definition) is 5. The molecule has 1 aromatic carbocycles. The molecule has 0 unspecified atom stereocenters. The van der Waals surface area contributed by atoms with Crippen molar-refractivity contribution in [2.24, 2.45) is 0 Å². The van der Waals surface area contributed by atoms with Gasteiger partial charge in [-0.25, -0.2) is 4.79 Å². The van der Waals surface area contributed by atoms with Gasteiger partial charge in [-0.3, -0.25) is 19.9 Å². The molecule has 2 aliphatic heterocycles. The van der Waals surface area contributed by atoms with E-state index in [0.717, 1.165) is 23.0 Å². The third kappa shape index (κ3) is 6.67. The first-order chi connectivity index (χ1) is 18.1. The molecule has 4 rings (SSSR count). The van der Waals surface area contributed by atoms with Crippen molar-refractivity contribution >= 4 is 28.9 Å². The van der Waals surface area contributed by atoms with E-state index in [0.29, 0.717) is 30.8 Å². The van der Waals surface area contributed by atoms with Crippen LogP contribution in [-0.4, -0.2) is 85.1 Å². The minimum Gasteiger partial charge on any atom is -0.493 e. The molecule has 0 radical (unpaired) electrons. The van der Waals surface area contributed by atoms with E-state index in [9.17, 15) is 29.7 Å². The van der Waals surface area contributed by atoms with E-state index in [-0.39, 0.29) is 11.1 Å².